The third kappa shape index (κ3) is 4.09. The Labute approximate surface area is 157 Å². The molecule has 0 bridgehead atoms. The van der Waals surface area contributed by atoms with Crippen LogP contribution in [0.5, 0.6) is 5.75 Å². The molecule has 1 atom stereocenters. The molecule has 1 N–H and O–H groups in total. The molecule has 0 aliphatic rings. The first-order valence-corrected chi connectivity index (χ1v) is 9.22. The molecule has 140 valence electrons. The smallest absolute Gasteiger partial charge is 0.252 e. The monoisotopic (exact) mass is 353 g/mol. The Hall–Kier alpha value is -2.29. The molecule has 26 heavy (non-hydrogen) atoms. The Morgan fingerprint density at radius 3 is 2.04 bits per heavy atom. The van der Waals surface area contributed by atoms with Gasteiger partial charge in [-0.15, -0.1) is 0 Å². The number of ether oxygens (including phenoxy) is 1. The molecule has 2 aromatic rings. The summed E-state index contributed by atoms with van der Waals surface area (Å²) < 4.78 is 5.48. The lowest BCUT2D eigenvalue weighted by atomic mass is 9.94. The average molecular weight is 354 g/mol. The first-order valence-electron chi connectivity index (χ1n) is 9.22. The van der Waals surface area contributed by atoms with Crippen molar-refractivity contribution < 1.29 is 9.53 Å². The summed E-state index contributed by atoms with van der Waals surface area (Å²) in [6, 6.07) is 8.23. The number of hydrogen-bond acceptors (Lipinski definition) is 2. The summed E-state index contributed by atoms with van der Waals surface area (Å²) in [6.07, 6.45) is 0. The number of hydrogen-bond donors (Lipinski definition) is 1. The lowest BCUT2D eigenvalue weighted by molar-refractivity contribution is 0.0939. The maximum Gasteiger partial charge on any atom is 0.252 e. The van der Waals surface area contributed by atoms with Crippen molar-refractivity contribution in [3.63, 3.8) is 0 Å². The van der Waals surface area contributed by atoms with Gasteiger partial charge >= 0.3 is 0 Å². The zero-order valence-corrected chi connectivity index (χ0v) is 17.3. The fourth-order valence-electron chi connectivity index (χ4n) is 3.37. The van der Waals surface area contributed by atoms with Gasteiger partial charge in [-0.25, -0.2) is 0 Å². The zero-order valence-electron chi connectivity index (χ0n) is 17.3. The van der Waals surface area contributed by atoms with Crippen molar-refractivity contribution in [2.75, 3.05) is 7.11 Å². The molecular formula is C23H31NO2. The normalized spacial score (nSPS) is 12.2. The van der Waals surface area contributed by atoms with Gasteiger partial charge in [-0.05, 0) is 86.1 Å². The lowest BCUT2D eigenvalue weighted by Crippen LogP contribution is -2.28. The van der Waals surface area contributed by atoms with Gasteiger partial charge < -0.3 is 10.1 Å². The molecule has 0 heterocycles. The number of carbonyl (C=O) groups is 1. The van der Waals surface area contributed by atoms with Crippen LogP contribution in [0.1, 0.15) is 76.5 Å². The van der Waals surface area contributed by atoms with Gasteiger partial charge in [0.2, 0.25) is 0 Å². The topological polar surface area (TPSA) is 38.3 Å². The largest absolute Gasteiger partial charge is 0.496 e. The molecule has 3 nitrogen and oxygen atoms in total. The van der Waals surface area contributed by atoms with E-state index >= 15 is 0 Å². The number of benzene rings is 2. The Balaban J connectivity index is 2.33. The van der Waals surface area contributed by atoms with E-state index in [1.807, 2.05) is 26.0 Å². The number of nitrogens with one attached hydrogen (secondary N) is 1. The van der Waals surface area contributed by atoms with E-state index in [2.05, 4.69) is 52.1 Å². The molecule has 0 aliphatic heterocycles. The summed E-state index contributed by atoms with van der Waals surface area (Å²) in [5.41, 5.74) is 7.58. The van der Waals surface area contributed by atoms with Crippen molar-refractivity contribution in [3.8, 4) is 5.75 Å². The van der Waals surface area contributed by atoms with Gasteiger partial charge in [0.1, 0.15) is 5.75 Å². The van der Waals surface area contributed by atoms with Crippen LogP contribution in [0.25, 0.3) is 0 Å². The first-order chi connectivity index (χ1) is 12.1. The summed E-state index contributed by atoms with van der Waals surface area (Å²) in [5.74, 6) is 1.08. The Bertz CT molecular complexity index is 821. The first kappa shape index (κ1) is 20.0. The van der Waals surface area contributed by atoms with Crippen molar-refractivity contribution in [1.82, 2.24) is 5.32 Å². The van der Waals surface area contributed by atoms with Gasteiger partial charge in [-0.3, -0.25) is 4.79 Å². The van der Waals surface area contributed by atoms with E-state index in [1.165, 1.54) is 16.7 Å². The van der Waals surface area contributed by atoms with Crippen LogP contribution >= 0.6 is 0 Å². The van der Waals surface area contributed by atoms with Gasteiger partial charge in [-0.2, -0.15) is 0 Å². The SMILES string of the molecule is COc1cc(C)c(C(=O)N[C@@H](C)c2cc(C)c(C)cc2C)cc1C(C)C. The van der Waals surface area contributed by atoms with Crippen molar-refractivity contribution in [1.29, 1.82) is 0 Å². The number of carbonyl (C=O) groups excluding carboxylic acids is 1. The summed E-state index contributed by atoms with van der Waals surface area (Å²) >= 11 is 0. The summed E-state index contributed by atoms with van der Waals surface area (Å²) in [6.45, 7) is 14.5. The average Bonchev–Trinajstić information content (AvgIpc) is 2.57. The molecule has 2 rings (SSSR count). The standard InChI is InChI=1S/C23H31NO2/c1-13(2)19-12-21(17(6)11-22(19)26-8)23(25)24-18(7)20-10-15(4)14(3)9-16(20)5/h9-13,18H,1-8H3,(H,24,25)/t18-/m0/s1. The summed E-state index contributed by atoms with van der Waals surface area (Å²) in [4.78, 5) is 12.9. The highest BCUT2D eigenvalue weighted by Gasteiger charge is 2.19. The second-order valence-corrected chi connectivity index (χ2v) is 7.55. The molecule has 0 aliphatic carbocycles. The number of aryl methyl sites for hydroxylation is 4. The second-order valence-electron chi connectivity index (χ2n) is 7.55. The highest BCUT2D eigenvalue weighted by Crippen LogP contribution is 2.30. The molecule has 0 radical (unpaired) electrons. The fourth-order valence-corrected chi connectivity index (χ4v) is 3.37. The van der Waals surface area contributed by atoms with Gasteiger partial charge in [0, 0.05) is 5.56 Å². The van der Waals surface area contributed by atoms with Crippen LogP contribution in [-0.4, -0.2) is 13.0 Å². The fraction of sp³-hybridized carbons (Fsp3) is 0.435. The third-order valence-corrected chi connectivity index (χ3v) is 5.14. The predicted octanol–water partition coefficient (Wildman–Crippen LogP) is 5.54. The molecule has 0 aromatic heterocycles. The Kier molecular flexibility index (Phi) is 6.12. The van der Waals surface area contributed by atoms with Crippen LogP contribution in [0.2, 0.25) is 0 Å². The van der Waals surface area contributed by atoms with Crippen molar-refractivity contribution >= 4 is 5.91 Å². The Morgan fingerprint density at radius 2 is 1.46 bits per heavy atom. The van der Waals surface area contributed by atoms with E-state index in [9.17, 15) is 4.79 Å². The van der Waals surface area contributed by atoms with E-state index < -0.39 is 0 Å². The molecule has 1 amide bonds. The summed E-state index contributed by atoms with van der Waals surface area (Å²) in [5, 5.41) is 3.16. The van der Waals surface area contributed by atoms with Crippen LogP contribution in [0.15, 0.2) is 24.3 Å². The molecule has 3 heteroatoms. The van der Waals surface area contributed by atoms with Crippen molar-refractivity contribution in [2.24, 2.45) is 0 Å². The van der Waals surface area contributed by atoms with E-state index in [4.69, 9.17) is 4.74 Å². The van der Waals surface area contributed by atoms with Crippen molar-refractivity contribution in [2.45, 2.75) is 60.4 Å². The minimum Gasteiger partial charge on any atom is -0.496 e. The Morgan fingerprint density at radius 1 is 0.846 bits per heavy atom. The molecule has 0 fully saturated rings. The van der Waals surface area contributed by atoms with E-state index in [1.54, 1.807) is 7.11 Å². The molecule has 0 unspecified atom stereocenters. The van der Waals surface area contributed by atoms with Crippen LogP contribution in [0.4, 0.5) is 0 Å². The number of methoxy groups -OCH3 is 1. The van der Waals surface area contributed by atoms with Crippen LogP contribution in [-0.2, 0) is 0 Å². The quantitative estimate of drug-likeness (QED) is 0.766. The van der Waals surface area contributed by atoms with Gasteiger partial charge in [0.15, 0.2) is 0 Å². The lowest BCUT2D eigenvalue weighted by Gasteiger charge is -2.20. The number of amides is 1. The minimum atomic E-state index is -0.0502. The van der Waals surface area contributed by atoms with E-state index in [-0.39, 0.29) is 17.9 Å². The number of rotatable bonds is 5. The third-order valence-electron chi connectivity index (χ3n) is 5.14. The van der Waals surface area contributed by atoms with Crippen LogP contribution in [0, 0.1) is 27.7 Å². The molecule has 0 saturated carbocycles. The molecule has 0 spiro atoms. The second kappa shape index (κ2) is 7.94. The minimum absolute atomic E-state index is 0.0443. The molecule has 0 saturated heterocycles. The zero-order chi connectivity index (χ0) is 19.6. The van der Waals surface area contributed by atoms with Gasteiger partial charge in [0.05, 0.1) is 13.2 Å². The van der Waals surface area contributed by atoms with E-state index in [0.29, 0.717) is 5.56 Å². The van der Waals surface area contributed by atoms with Crippen LogP contribution < -0.4 is 10.1 Å². The van der Waals surface area contributed by atoms with Gasteiger partial charge in [-0.1, -0.05) is 26.0 Å². The van der Waals surface area contributed by atoms with Crippen LogP contribution in [0.3, 0.4) is 0 Å². The highest BCUT2D eigenvalue weighted by molar-refractivity contribution is 5.96. The van der Waals surface area contributed by atoms with Crippen molar-refractivity contribution in [3.05, 3.63) is 63.2 Å². The maximum atomic E-state index is 12.9. The predicted molar refractivity (Wildman–Crippen MR) is 108 cm³/mol. The maximum absolute atomic E-state index is 12.9. The molecular weight excluding hydrogens is 322 g/mol. The van der Waals surface area contributed by atoms with Gasteiger partial charge in [0.25, 0.3) is 5.91 Å². The van der Waals surface area contributed by atoms with E-state index in [0.717, 1.165) is 22.4 Å². The highest BCUT2D eigenvalue weighted by atomic mass is 16.5. The summed E-state index contributed by atoms with van der Waals surface area (Å²) in [7, 11) is 1.67. The molecule has 2 aromatic carbocycles.